The summed E-state index contributed by atoms with van der Waals surface area (Å²) in [4.78, 5) is 14.5. The average molecular weight is 211 g/mol. The number of hydrogen-bond donors (Lipinski definition) is 1. The fraction of sp³-hybridized carbons (Fsp3) is 0.200. The number of rotatable bonds is 4. The molecule has 1 aromatic carbocycles. The first-order chi connectivity index (χ1) is 7.09. The summed E-state index contributed by atoms with van der Waals surface area (Å²) < 4.78 is 12.8. The molecule has 0 aromatic heterocycles. The van der Waals surface area contributed by atoms with Gasteiger partial charge in [-0.3, -0.25) is 0 Å². The van der Waals surface area contributed by atoms with Crippen molar-refractivity contribution in [1.29, 1.82) is 0 Å². The first-order valence-electron chi connectivity index (χ1n) is 4.23. The normalized spacial score (nSPS) is 10.5. The van der Waals surface area contributed by atoms with Gasteiger partial charge in [0.1, 0.15) is 5.82 Å². The van der Waals surface area contributed by atoms with Crippen LogP contribution in [0.3, 0.4) is 0 Å². The molecular formula is C10H10FNO3. The van der Waals surface area contributed by atoms with Crippen LogP contribution in [-0.4, -0.2) is 23.9 Å². The number of aliphatic carboxylic acids is 1. The molecule has 0 spiro atoms. The molecule has 1 N–H and O–H groups in total. The van der Waals surface area contributed by atoms with Crippen LogP contribution < -0.4 is 0 Å². The van der Waals surface area contributed by atoms with Crippen LogP contribution in [0.1, 0.15) is 11.1 Å². The van der Waals surface area contributed by atoms with E-state index in [9.17, 15) is 9.18 Å². The summed E-state index contributed by atoms with van der Waals surface area (Å²) in [5, 5.41) is 11.7. The molecule has 0 aliphatic carbocycles. The molecule has 0 saturated carbocycles. The molecule has 1 rings (SSSR count). The summed E-state index contributed by atoms with van der Waals surface area (Å²) in [6, 6.07) is 4.24. The third-order valence-electron chi connectivity index (χ3n) is 1.70. The van der Waals surface area contributed by atoms with Crippen LogP contribution in [0.4, 0.5) is 4.39 Å². The highest BCUT2D eigenvalue weighted by atomic mass is 19.1. The second-order valence-corrected chi connectivity index (χ2v) is 2.90. The van der Waals surface area contributed by atoms with Gasteiger partial charge in [-0.1, -0.05) is 11.2 Å². The number of carboxylic acids is 1. The first-order valence-corrected chi connectivity index (χ1v) is 4.23. The highest BCUT2D eigenvalue weighted by Crippen LogP contribution is 2.07. The Morgan fingerprint density at radius 3 is 3.07 bits per heavy atom. The zero-order chi connectivity index (χ0) is 11.3. The molecule has 0 unspecified atom stereocenters. The monoisotopic (exact) mass is 211 g/mol. The van der Waals surface area contributed by atoms with Crippen LogP contribution in [0.15, 0.2) is 23.4 Å². The van der Waals surface area contributed by atoms with E-state index in [-0.39, 0.29) is 5.82 Å². The number of carboxylic acid groups (broad SMARTS) is 1. The molecule has 0 saturated heterocycles. The van der Waals surface area contributed by atoms with E-state index in [1.165, 1.54) is 18.3 Å². The fourth-order valence-electron chi connectivity index (χ4n) is 0.937. The summed E-state index contributed by atoms with van der Waals surface area (Å²) in [5.74, 6) is -1.48. The van der Waals surface area contributed by atoms with E-state index < -0.39 is 12.6 Å². The van der Waals surface area contributed by atoms with Crippen LogP contribution in [0.5, 0.6) is 0 Å². The van der Waals surface area contributed by atoms with Crippen molar-refractivity contribution in [3.8, 4) is 0 Å². The van der Waals surface area contributed by atoms with Gasteiger partial charge in [0.15, 0.2) is 0 Å². The Hall–Kier alpha value is -1.91. The van der Waals surface area contributed by atoms with Gasteiger partial charge in [0.25, 0.3) is 0 Å². The minimum atomic E-state index is -1.11. The van der Waals surface area contributed by atoms with Gasteiger partial charge in [-0.15, -0.1) is 0 Å². The van der Waals surface area contributed by atoms with Crippen LogP contribution in [0, 0.1) is 12.7 Å². The number of nitrogens with zero attached hydrogens (tertiary/aromatic N) is 1. The van der Waals surface area contributed by atoms with Crippen molar-refractivity contribution in [2.45, 2.75) is 6.92 Å². The van der Waals surface area contributed by atoms with Crippen molar-refractivity contribution in [2.75, 3.05) is 6.61 Å². The lowest BCUT2D eigenvalue weighted by molar-refractivity contribution is -0.142. The maximum Gasteiger partial charge on any atom is 0.344 e. The van der Waals surface area contributed by atoms with Crippen molar-refractivity contribution < 1.29 is 19.1 Å². The molecule has 0 radical (unpaired) electrons. The Bertz CT molecular complexity index is 390. The van der Waals surface area contributed by atoms with Crippen molar-refractivity contribution in [2.24, 2.45) is 5.16 Å². The van der Waals surface area contributed by atoms with E-state index in [1.54, 1.807) is 13.0 Å². The summed E-state index contributed by atoms with van der Waals surface area (Å²) in [6.45, 7) is 1.28. The molecule has 0 atom stereocenters. The lowest BCUT2D eigenvalue weighted by Crippen LogP contribution is -2.03. The van der Waals surface area contributed by atoms with Gasteiger partial charge in [0.05, 0.1) is 6.21 Å². The van der Waals surface area contributed by atoms with E-state index in [4.69, 9.17) is 5.11 Å². The van der Waals surface area contributed by atoms with Crippen LogP contribution in [-0.2, 0) is 9.63 Å². The highest BCUT2D eigenvalue weighted by molar-refractivity contribution is 5.81. The second-order valence-electron chi connectivity index (χ2n) is 2.90. The molecule has 15 heavy (non-hydrogen) atoms. The van der Waals surface area contributed by atoms with Crippen LogP contribution >= 0.6 is 0 Å². The van der Waals surface area contributed by atoms with E-state index in [0.29, 0.717) is 5.56 Å². The zero-order valence-corrected chi connectivity index (χ0v) is 8.11. The van der Waals surface area contributed by atoms with Gasteiger partial charge in [0.2, 0.25) is 6.61 Å². The summed E-state index contributed by atoms with van der Waals surface area (Å²) in [7, 11) is 0. The SMILES string of the molecule is Cc1ccc(F)cc1/C=N/OCC(=O)O. The Labute approximate surface area is 86.0 Å². The number of carbonyl (C=O) groups is 1. The number of halogens is 1. The molecule has 1 aromatic rings. The molecule has 0 aliphatic rings. The van der Waals surface area contributed by atoms with Crippen molar-refractivity contribution in [3.63, 3.8) is 0 Å². The molecule has 80 valence electrons. The second kappa shape index (κ2) is 5.09. The fourth-order valence-corrected chi connectivity index (χ4v) is 0.937. The Morgan fingerprint density at radius 2 is 2.40 bits per heavy atom. The Morgan fingerprint density at radius 1 is 1.67 bits per heavy atom. The molecule has 0 amide bonds. The maximum atomic E-state index is 12.8. The lowest BCUT2D eigenvalue weighted by atomic mass is 10.1. The van der Waals surface area contributed by atoms with Gasteiger partial charge >= 0.3 is 5.97 Å². The van der Waals surface area contributed by atoms with Gasteiger partial charge in [-0.2, -0.15) is 0 Å². The molecule has 0 fully saturated rings. The quantitative estimate of drug-likeness (QED) is 0.607. The van der Waals surface area contributed by atoms with Gasteiger partial charge < -0.3 is 9.94 Å². The Kier molecular flexibility index (Phi) is 3.79. The van der Waals surface area contributed by atoms with Gasteiger partial charge in [0, 0.05) is 5.56 Å². The molecule has 0 bridgehead atoms. The minimum Gasteiger partial charge on any atom is -0.479 e. The maximum absolute atomic E-state index is 12.8. The smallest absolute Gasteiger partial charge is 0.344 e. The molecule has 5 heteroatoms. The molecule has 0 heterocycles. The van der Waals surface area contributed by atoms with Crippen molar-refractivity contribution in [1.82, 2.24) is 0 Å². The predicted octanol–water partition coefficient (Wildman–Crippen LogP) is 1.57. The standard InChI is InChI=1S/C10H10FNO3/c1-7-2-3-9(11)4-8(7)5-12-15-6-10(13)14/h2-5H,6H2,1H3,(H,13,14)/b12-5+. The molecular weight excluding hydrogens is 201 g/mol. The first kappa shape index (κ1) is 11.2. The third-order valence-corrected chi connectivity index (χ3v) is 1.70. The summed E-state index contributed by atoms with van der Waals surface area (Å²) in [5.41, 5.74) is 1.39. The number of aryl methyl sites for hydroxylation is 1. The predicted molar refractivity (Wildman–Crippen MR) is 52.3 cm³/mol. The van der Waals surface area contributed by atoms with Crippen molar-refractivity contribution >= 4 is 12.2 Å². The third kappa shape index (κ3) is 3.76. The number of hydrogen-bond acceptors (Lipinski definition) is 3. The molecule has 4 nitrogen and oxygen atoms in total. The van der Waals surface area contributed by atoms with Crippen molar-refractivity contribution in [3.05, 3.63) is 35.1 Å². The van der Waals surface area contributed by atoms with Crippen LogP contribution in [0.2, 0.25) is 0 Å². The summed E-state index contributed by atoms with van der Waals surface area (Å²) in [6.07, 6.45) is 1.28. The van der Waals surface area contributed by atoms with Crippen LogP contribution in [0.25, 0.3) is 0 Å². The van der Waals surface area contributed by atoms with E-state index in [0.717, 1.165) is 5.56 Å². The van der Waals surface area contributed by atoms with Gasteiger partial charge in [-0.25, -0.2) is 9.18 Å². The van der Waals surface area contributed by atoms with E-state index in [1.807, 2.05) is 0 Å². The van der Waals surface area contributed by atoms with E-state index in [2.05, 4.69) is 9.99 Å². The zero-order valence-electron chi connectivity index (χ0n) is 8.11. The largest absolute Gasteiger partial charge is 0.479 e. The highest BCUT2D eigenvalue weighted by Gasteiger charge is 1.98. The van der Waals surface area contributed by atoms with E-state index >= 15 is 0 Å². The lowest BCUT2D eigenvalue weighted by Gasteiger charge is -1.99. The van der Waals surface area contributed by atoms with Gasteiger partial charge in [-0.05, 0) is 24.6 Å². The average Bonchev–Trinajstić information content (AvgIpc) is 2.17. The number of benzene rings is 1. The summed E-state index contributed by atoms with van der Waals surface area (Å²) >= 11 is 0. The molecule has 0 aliphatic heterocycles. The number of oxime groups is 1. The topological polar surface area (TPSA) is 58.9 Å². The Balaban J connectivity index is 2.63. The minimum absolute atomic E-state index is 0.375.